The van der Waals surface area contributed by atoms with E-state index in [0.29, 0.717) is 12.8 Å². The van der Waals surface area contributed by atoms with Crippen LogP contribution in [0.25, 0.3) is 0 Å². The Labute approximate surface area is 117 Å². The number of carbonyl (C=O) groups is 1. The molecule has 0 heterocycles. The Bertz CT molecular complexity index is 592. The Morgan fingerprint density at radius 1 is 0.800 bits per heavy atom. The maximum absolute atomic E-state index is 13.5. The predicted octanol–water partition coefficient (Wildman–Crippen LogP) is 4.32. The van der Waals surface area contributed by atoms with Gasteiger partial charge in [0.1, 0.15) is 11.6 Å². The zero-order valence-corrected chi connectivity index (χ0v) is 11.5. The highest BCUT2D eigenvalue weighted by Gasteiger charge is 2.13. The second kappa shape index (κ2) is 5.95. The molecular formula is C17H16F2O. The van der Waals surface area contributed by atoms with Crippen LogP contribution in [-0.2, 0) is 12.8 Å². The number of aryl methyl sites for hydroxylation is 2. The molecule has 0 atom stereocenters. The lowest BCUT2D eigenvalue weighted by atomic mass is 9.98. The fourth-order valence-electron chi connectivity index (χ4n) is 2.14. The van der Waals surface area contributed by atoms with Crippen molar-refractivity contribution in [3.63, 3.8) is 0 Å². The highest BCUT2D eigenvalue weighted by molar-refractivity contribution is 6.09. The molecule has 0 unspecified atom stereocenters. The maximum Gasteiger partial charge on any atom is 0.193 e. The monoisotopic (exact) mass is 274 g/mol. The van der Waals surface area contributed by atoms with Crippen LogP contribution in [-0.4, -0.2) is 5.78 Å². The van der Waals surface area contributed by atoms with E-state index in [9.17, 15) is 13.6 Å². The average molecular weight is 274 g/mol. The summed E-state index contributed by atoms with van der Waals surface area (Å²) in [7, 11) is 0. The van der Waals surface area contributed by atoms with Crippen LogP contribution >= 0.6 is 0 Å². The lowest BCUT2D eigenvalue weighted by molar-refractivity contribution is 0.103. The number of halogens is 2. The normalized spacial score (nSPS) is 10.6. The molecule has 0 aliphatic heterocycles. The second-order valence-corrected chi connectivity index (χ2v) is 4.73. The number of carbonyl (C=O) groups excluding carboxylic acids is 1. The van der Waals surface area contributed by atoms with Crippen LogP contribution in [0.15, 0.2) is 36.4 Å². The van der Waals surface area contributed by atoms with Crippen LogP contribution in [0.5, 0.6) is 0 Å². The summed E-state index contributed by atoms with van der Waals surface area (Å²) < 4.78 is 27.0. The Balaban J connectivity index is 2.45. The van der Waals surface area contributed by atoms with Crippen LogP contribution < -0.4 is 0 Å². The van der Waals surface area contributed by atoms with Gasteiger partial charge in [-0.05, 0) is 60.4 Å². The predicted molar refractivity (Wildman–Crippen MR) is 75.0 cm³/mol. The van der Waals surface area contributed by atoms with Gasteiger partial charge in [-0.3, -0.25) is 4.79 Å². The summed E-state index contributed by atoms with van der Waals surface area (Å²) >= 11 is 0. The van der Waals surface area contributed by atoms with Gasteiger partial charge in [-0.1, -0.05) is 13.8 Å². The first-order valence-corrected chi connectivity index (χ1v) is 6.67. The molecule has 0 radical (unpaired) electrons. The summed E-state index contributed by atoms with van der Waals surface area (Å²) in [6, 6.07) is 8.50. The topological polar surface area (TPSA) is 17.1 Å². The van der Waals surface area contributed by atoms with Crippen molar-refractivity contribution >= 4 is 5.78 Å². The van der Waals surface area contributed by atoms with Gasteiger partial charge in [0.15, 0.2) is 5.78 Å². The van der Waals surface area contributed by atoms with Gasteiger partial charge in [0.25, 0.3) is 0 Å². The maximum atomic E-state index is 13.5. The van der Waals surface area contributed by atoms with E-state index in [0.717, 1.165) is 11.1 Å². The zero-order valence-electron chi connectivity index (χ0n) is 11.5. The highest BCUT2D eigenvalue weighted by atomic mass is 19.1. The van der Waals surface area contributed by atoms with E-state index in [1.165, 1.54) is 24.3 Å². The van der Waals surface area contributed by atoms with E-state index in [2.05, 4.69) is 0 Å². The van der Waals surface area contributed by atoms with Crippen LogP contribution in [0, 0.1) is 11.6 Å². The quantitative estimate of drug-likeness (QED) is 0.759. The van der Waals surface area contributed by atoms with E-state index in [-0.39, 0.29) is 16.9 Å². The third kappa shape index (κ3) is 3.10. The molecule has 0 amide bonds. The van der Waals surface area contributed by atoms with Crippen LogP contribution in [0.3, 0.4) is 0 Å². The van der Waals surface area contributed by atoms with Gasteiger partial charge in [-0.2, -0.15) is 0 Å². The van der Waals surface area contributed by atoms with Gasteiger partial charge in [-0.15, -0.1) is 0 Å². The molecule has 2 aromatic carbocycles. The van der Waals surface area contributed by atoms with E-state index in [1.54, 1.807) is 12.1 Å². The summed E-state index contributed by atoms with van der Waals surface area (Å²) in [4.78, 5) is 12.4. The first kappa shape index (κ1) is 14.4. The second-order valence-electron chi connectivity index (χ2n) is 4.73. The minimum absolute atomic E-state index is 0.259. The average Bonchev–Trinajstić information content (AvgIpc) is 2.44. The van der Waals surface area contributed by atoms with Crippen molar-refractivity contribution in [2.24, 2.45) is 0 Å². The minimum Gasteiger partial charge on any atom is -0.289 e. The zero-order chi connectivity index (χ0) is 14.7. The van der Waals surface area contributed by atoms with E-state index >= 15 is 0 Å². The van der Waals surface area contributed by atoms with Crippen molar-refractivity contribution in [1.29, 1.82) is 0 Å². The van der Waals surface area contributed by atoms with Crippen molar-refractivity contribution in [2.45, 2.75) is 26.7 Å². The smallest absolute Gasteiger partial charge is 0.193 e. The lowest BCUT2D eigenvalue weighted by Crippen LogP contribution is -2.04. The molecule has 0 saturated carbocycles. The molecule has 1 nitrogen and oxygen atoms in total. The number of rotatable bonds is 4. The third-order valence-corrected chi connectivity index (χ3v) is 3.26. The Morgan fingerprint density at radius 2 is 1.20 bits per heavy atom. The van der Waals surface area contributed by atoms with Gasteiger partial charge in [0.2, 0.25) is 0 Å². The molecule has 0 N–H and O–H groups in total. The minimum atomic E-state index is -0.445. The summed E-state index contributed by atoms with van der Waals surface area (Å²) in [6.07, 6.45) is 1.28. The Hall–Kier alpha value is -2.03. The third-order valence-electron chi connectivity index (χ3n) is 3.26. The van der Waals surface area contributed by atoms with Crippen LogP contribution in [0.4, 0.5) is 8.78 Å². The van der Waals surface area contributed by atoms with Gasteiger partial charge >= 0.3 is 0 Å². The fraction of sp³-hybridized carbons (Fsp3) is 0.235. The summed E-state index contributed by atoms with van der Waals surface area (Å²) in [5.41, 5.74) is 2.02. The number of ketones is 1. The number of hydrogen-bond acceptors (Lipinski definition) is 1. The van der Waals surface area contributed by atoms with Crippen molar-refractivity contribution in [3.05, 3.63) is 70.3 Å². The molecule has 0 aliphatic carbocycles. The van der Waals surface area contributed by atoms with Crippen molar-refractivity contribution in [1.82, 2.24) is 0 Å². The van der Waals surface area contributed by atoms with Crippen molar-refractivity contribution in [2.75, 3.05) is 0 Å². The van der Waals surface area contributed by atoms with Gasteiger partial charge in [0, 0.05) is 11.1 Å². The van der Waals surface area contributed by atoms with E-state index < -0.39 is 11.6 Å². The number of benzene rings is 2. The van der Waals surface area contributed by atoms with Crippen LogP contribution in [0.2, 0.25) is 0 Å². The van der Waals surface area contributed by atoms with Crippen molar-refractivity contribution < 1.29 is 13.6 Å². The van der Waals surface area contributed by atoms with Gasteiger partial charge in [-0.25, -0.2) is 8.78 Å². The molecule has 0 bridgehead atoms. The molecule has 0 aliphatic rings. The highest BCUT2D eigenvalue weighted by Crippen LogP contribution is 2.17. The molecule has 3 heteroatoms. The molecule has 0 aromatic heterocycles. The summed E-state index contributed by atoms with van der Waals surface area (Å²) in [6.45, 7) is 3.78. The Morgan fingerprint density at radius 3 is 1.55 bits per heavy atom. The fourth-order valence-corrected chi connectivity index (χ4v) is 2.14. The summed E-state index contributed by atoms with van der Waals surface area (Å²) in [5.74, 6) is -1.24. The molecule has 0 fully saturated rings. The van der Waals surface area contributed by atoms with Crippen molar-refractivity contribution in [3.8, 4) is 0 Å². The van der Waals surface area contributed by atoms with Crippen LogP contribution in [0.1, 0.15) is 40.9 Å². The molecular weight excluding hydrogens is 258 g/mol. The lowest BCUT2D eigenvalue weighted by Gasteiger charge is -2.06. The van der Waals surface area contributed by atoms with E-state index in [4.69, 9.17) is 0 Å². The molecule has 2 aromatic rings. The standard InChI is InChI=1S/C17H16F2O/c1-3-11-5-13(9-15(18)7-11)17(20)14-6-12(4-2)8-16(19)10-14/h5-10H,3-4H2,1-2H3. The first-order valence-electron chi connectivity index (χ1n) is 6.67. The molecule has 0 spiro atoms. The molecule has 20 heavy (non-hydrogen) atoms. The summed E-state index contributed by atoms with van der Waals surface area (Å²) in [5, 5.41) is 0. The van der Waals surface area contributed by atoms with E-state index in [1.807, 2.05) is 13.8 Å². The van der Waals surface area contributed by atoms with Gasteiger partial charge < -0.3 is 0 Å². The molecule has 0 saturated heterocycles. The first-order chi connectivity index (χ1) is 9.53. The SMILES string of the molecule is CCc1cc(F)cc(C(=O)c2cc(F)cc(CC)c2)c1. The molecule has 2 rings (SSSR count). The molecule has 104 valence electrons. The number of hydrogen-bond donors (Lipinski definition) is 0. The van der Waals surface area contributed by atoms with Gasteiger partial charge in [0.05, 0.1) is 0 Å². The Kier molecular flexibility index (Phi) is 4.28. The largest absolute Gasteiger partial charge is 0.289 e.